The molecule has 0 saturated carbocycles. The summed E-state index contributed by atoms with van der Waals surface area (Å²) in [5, 5.41) is 15.4. The van der Waals surface area contributed by atoms with Crippen LogP contribution in [-0.4, -0.2) is 40.1 Å². The van der Waals surface area contributed by atoms with E-state index in [-0.39, 0.29) is 17.9 Å². The van der Waals surface area contributed by atoms with Crippen molar-refractivity contribution in [1.29, 1.82) is 0 Å². The van der Waals surface area contributed by atoms with Crippen LogP contribution in [-0.2, 0) is 11.2 Å². The number of benzene rings is 1. The maximum atomic E-state index is 12.5. The third-order valence-electron chi connectivity index (χ3n) is 4.46. The molecular formula is C19H25N5O2S. The molecule has 2 N–H and O–H groups in total. The molecule has 1 fully saturated rings. The quantitative estimate of drug-likeness (QED) is 0.820. The molecule has 0 atom stereocenters. The number of rotatable bonds is 5. The van der Waals surface area contributed by atoms with Crippen molar-refractivity contribution in [2.24, 2.45) is 11.8 Å². The molecule has 0 bridgehead atoms. The Morgan fingerprint density at radius 3 is 2.52 bits per heavy atom. The standard InChI is InChI=1S/C19H25N5O2S/c1-13(2)12-16-22-23-18(27-16)21-17(25)14-8-10-24(11-9-14)19(26)20-15-6-4-3-5-7-15/h3-7,13-14H,8-12H2,1-2H3,(H,20,26)(H,21,23,25). The first-order valence-electron chi connectivity index (χ1n) is 9.25. The molecule has 0 unspecified atom stereocenters. The number of carbonyl (C=O) groups excluding carboxylic acids is 2. The van der Waals surface area contributed by atoms with Crippen LogP contribution in [0.1, 0.15) is 31.7 Å². The summed E-state index contributed by atoms with van der Waals surface area (Å²) in [5.41, 5.74) is 0.774. The van der Waals surface area contributed by atoms with Gasteiger partial charge < -0.3 is 15.5 Å². The normalized spacial score (nSPS) is 15.0. The molecule has 3 rings (SSSR count). The van der Waals surface area contributed by atoms with E-state index in [1.54, 1.807) is 4.90 Å². The zero-order valence-electron chi connectivity index (χ0n) is 15.6. The van der Waals surface area contributed by atoms with E-state index in [9.17, 15) is 9.59 Å². The van der Waals surface area contributed by atoms with Gasteiger partial charge >= 0.3 is 6.03 Å². The Balaban J connectivity index is 1.46. The molecule has 3 amide bonds. The smallest absolute Gasteiger partial charge is 0.321 e. The van der Waals surface area contributed by atoms with E-state index < -0.39 is 0 Å². The fourth-order valence-electron chi connectivity index (χ4n) is 3.01. The second-order valence-electron chi connectivity index (χ2n) is 7.15. The zero-order valence-corrected chi connectivity index (χ0v) is 16.5. The van der Waals surface area contributed by atoms with Crippen LogP contribution in [0.2, 0.25) is 0 Å². The van der Waals surface area contributed by atoms with Gasteiger partial charge in [0.15, 0.2) is 0 Å². The van der Waals surface area contributed by atoms with Gasteiger partial charge in [-0.1, -0.05) is 43.4 Å². The van der Waals surface area contributed by atoms with Gasteiger partial charge in [0.2, 0.25) is 11.0 Å². The first-order chi connectivity index (χ1) is 13.0. The van der Waals surface area contributed by atoms with Gasteiger partial charge in [-0.3, -0.25) is 4.79 Å². The first kappa shape index (κ1) is 19.3. The maximum absolute atomic E-state index is 12.5. The van der Waals surface area contributed by atoms with Crippen molar-refractivity contribution in [1.82, 2.24) is 15.1 Å². The van der Waals surface area contributed by atoms with Crippen LogP contribution >= 0.6 is 11.3 Å². The average molecular weight is 388 g/mol. The van der Waals surface area contributed by atoms with Gasteiger partial charge in [-0.2, -0.15) is 0 Å². The monoisotopic (exact) mass is 387 g/mol. The Morgan fingerprint density at radius 2 is 1.85 bits per heavy atom. The lowest BCUT2D eigenvalue weighted by Crippen LogP contribution is -2.43. The highest BCUT2D eigenvalue weighted by molar-refractivity contribution is 7.15. The number of piperidine rings is 1. The van der Waals surface area contributed by atoms with E-state index in [1.165, 1.54) is 11.3 Å². The van der Waals surface area contributed by atoms with E-state index in [4.69, 9.17) is 0 Å². The number of hydrogen-bond donors (Lipinski definition) is 2. The molecule has 0 radical (unpaired) electrons. The second kappa shape index (κ2) is 8.94. The summed E-state index contributed by atoms with van der Waals surface area (Å²) in [4.78, 5) is 26.6. The summed E-state index contributed by atoms with van der Waals surface area (Å²) in [6.07, 6.45) is 2.15. The molecule has 1 aromatic carbocycles. The van der Waals surface area contributed by atoms with Crippen molar-refractivity contribution in [3.8, 4) is 0 Å². The molecular weight excluding hydrogens is 362 g/mol. The number of nitrogens with zero attached hydrogens (tertiary/aromatic N) is 3. The first-order valence-corrected chi connectivity index (χ1v) is 10.1. The number of urea groups is 1. The fraction of sp³-hybridized carbons (Fsp3) is 0.474. The number of amides is 3. The van der Waals surface area contributed by atoms with Crippen LogP contribution in [0.15, 0.2) is 30.3 Å². The molecule has 2 heterocycles. The average Bonchev–Trinajstić information content (AvgIpc) is 3.08. The molecule has 27 heavy (non-hydrogen) atoms. The topological polar surface area (TPSA) is 87.2 Å². The van der Waals surface area contributed by atoms with E-state index in [2.05, 4.69) is 34.7 Å². The van der Waals surface area contributed by atoms with Crippen molar-refractivity contribution in [2.75, 3.05) is 23.7 Å². The molecule has 144 valence electrons. The van der Waals surface area contributed by atoms with E-state index in [0.717, 1.165) is 17.1 Å². The minimum atomic E-state index is -0.123. The zero-order chi connectivity index (χ0) is 19.2. The van der Waals surface area contributed by atoms with E-state index in [0.29, 0.717) is 37.0 Å². The number of para-hydroxylation sites is 1. The predicted octanol–water partition coefficient (Wildman–Crippen LogP) is 3.62. The van der Waals surface area contributed by atoms with Crippen LogP contribution in [0.5, 0.6) is 0 Å². The highest BCUT2D eigenvalue weighted by Gasteiger charge is 2.28. The van der Waals surface area contributed by atoms with Crippen molar-refractivity contribution in [3.63, 3.8) is 0 Å². The summed E-state index contributed by atoms with van der Waals surface area (Å²) in [5.74, 6) is 0.362. The number of hydrogen-bond acceptors (Lipinski definition) is 5. The third kappa shape index (κ3) is 5.50. The summed E-state index contributed by atoms with van der Waals surface area (Å²) >= 11 is 1.43. The van der Waals surface area contributed by atoms with Gasteiger partial charge in [0.05, 0.1) is 0 Å². The molecule has 0 aliphatic carbocycles. The number of anilines is 2. The van der Waals surface area contributed by atoms with Gasteiger partial charge in [0.25, 0.3) is 0 Å². The lowest BCUT2D eigenvalue weighted by molar-refractivity contribution is -0.121. The largest absolute Gasteiger partial charge is 0.324 e. The Kier molecular flexibility index (Phi) is 6.39. The van der Waals surface area contributed by atoms with E-state index in [1.807, 2.05) is 30.3 Å². The van der Waals surface area contributed by atoms with Crippen LogP contribution in [0.25, 0.3) is 0 Å². The van der Waals surface area contributed by atoms with Crippen LogP contribution < -0.4 is 10.6 Å². The second-order valence-corrected chi connectivity index (χ2v) is 8.21. The van der Waals surface area contributed by atoms with Gasteiger partial charge in [-0.05, 0) is 30.9 Å². The van der Waals surface area contributed by atoms with E-state index >= 15 is 0 Å². The summed E-state index contributed by atoms with van der Waals surface area (Å²) in [7, 11) is 0. The third-order valence-corrected chi connectivity index (χ3v) is 5.32. The lowest BCUT2D eigenvalue weighted by atomic mass is 9.96. The number of nitrogens with one attached hydrogen (secondary N) is 2. The molecule has 7 nitrogen and oxygen atoms in total. The molecule has 8 heteroatoms. The van der Waals surface area contributed by atoms with Crippen LogP contribution in [0, 0.1) is 11.8 Å². The molecule has 1 aliphatic rings. The Labute approximate surface area is 163 Å². The van der Waals surface area contributed by atoms with Crippen molar-refractivity contribution < 1.29 is 9.59 Å². The molecule has 2 aromatic rings. The highest BCUT2D eigenvalue weighted by atomic mass is 32.1. The lowest BCUT2D eigenvalue weighted by Gasteiger charge is -2.31. The maximum Gasteiger partial charge on any atom is 0.321 e. The molecule has 0 spiro atoms. The predicted molar refractivity (Wildman–Crippen MR) is 107 cm³/mol. The molecule has 1 aromatic heterocycles. The van der Waals surface area contributed by atoms with Crippen molar-refractivity contribution >= 4 is 34.1 Å². The SMILES string of the molecule is CC(C)Cc1nnc(NC(=O)C2CCN(C(=O)Nc3ccccc3)CC2)s1. The summed E-state index contributed by atoms with van der Waals surface area (Å²) < 4.78 is 0. The minimum Gasteiger partial charge on any atom is -0.324 e. The van der Waals surface area contributed by atoms with Crippen molar-refractivity contribution in [3.05, 3.63) is 35.3 Å². The number of likely N-dealkylation sites (tertiary alicyclic amines) is 1. The van der Waals surface area contributed by atoms with Crippen molar-refractivity contribution in [2.45, 2.75) is 33.1 Å². The van der Waals surface area contributed by atoms with Gasteiger partial charge in [-0.25, -0.2) is 4.79 Å². The highest BCUT2D eigenvalue weighted by Crippen LogP contribution is 2.23. The Bertz CT molecular complexity index is 769. The van der Waals surface area contributed by atoms with Gasteiger partial charge in [0.1, 0.15) is 5.01 Å². The molecule has 1 aliphatic heterocycles. The number of carbonyl (C=O) groups is 2. The summed E-state index contributed by atoms with van der Waals surface area (Å²) in [6.45, 7) is 5.37. The number of aromatic nitrogens is 2. The van der Waals surface area contributed by atoms with Crippen LogP contribution in [0.3, 0.4) is 0 Å². The fourth-order valence-corrected chi connectivity index (χ4v) is 3.97. The minimum absolute atomic E-state index is 0.0367. The molecule has 1 saturated heterocycles. The van der Waals surface area contributed by atoms with Gasteiger partial charge in [0, 0.05) is 31.1 Å². The Hall–Kier alpha value is -2.48. The Morgan fingerprint density at radius 1 is 1.15 bits per heavy atom. The van der Waals surface area contributed by atoms with Crippen LogP contribution in [0.4, 0.5) is 15.6 Å². The van der Waals surface area contributed by atoms with Gasteiger partial charge in [-0.15, -0.1) is 10.2 Å². The summed E-state index contributed by atoms with van der Waals surface area (Å²) in [6, 6.07) is 9.26.